The fourth-order valence-corrected chi connectivity index (χ4v) is 3.19. The summed E-state index contributed by atoms with van der Waals surface area (Å²) in [5.74, 6) is 0.689. The Hall–Kier alpha value is -2.56. The lowest BCUT2D eigenvalue weighted by Crippen LogP contribution is -2.26. The zero-order chi connectivity index (χ0) is 17.5. The van der Waals surface area contributed by atoms with Crippen molar-refractivity contribution in [3.63, 3.8) is 0 Å². The van der Waals surface area contributed by atoms with Crippen LogP contribution in [0, 0.1) is 0 Å². The highest BCUT2D eigenvalue weighted by atomic mass is 16.5. The molecule has 5 heteroatoms. The van der Waals surface area contributed by atoms with Crippen LogP contribution in [0.4, 0.5) is 5.69 Å². The quantitative estimate of drug-likeness (QED) is 0.811. The van der Waals surface area contributed by atoms with Gasteiger partial charge in [0.05, 0.1) is 7.11 Å². The predicted molar refractivity (Wildman–Crippen MR) is 99.1 cm³/mol. The Morgan fingerprint density at radius 3 is 2.88 bits per heavy atom. The van der Waals surface area contributed by atoms with Crippen LogP contribution in [0.2, 0.25) is 0 Å². The van der Waals surface area contributed by atoms with Crippen LogP contribution in [0.3, 0.4) is 0 Å². The van der Waals surface area contributed by atoms with Crippen LogP contribution in [0.25, 0.3) is 0 Å². The molecule has 0 aliphatic heterocycles. The van der Waals surface area contributed by atoms with Crippen molar-refractivity contribution in [2.24, 2.45) is 0 Å². The number of nitrogens with one attached hydrogen (secondary N) is 2. The Morgan fingerprint density at radius 2 is 2.08 bits per heavy atom. The van der Waals surface area contributed by atoms with Gasteiger partial charge in [-0.05, 0) is 49.1 Å². The van der Waals surface area contributed by atoms with E-state index in [9.17, 15) is 4.79 Å². The summed E-state index contributed by atoms with van der Waals surface area (Å²) >= 11 is 0. The van der Waals surface area contributed by atoms with E-state index in [1.165, 1.54) is 25.7 Å². The van der Waals surface area contributed by atoms with Gasteiger partial charge in [-0.3, -0.25) is 9.78 Å². The van der Waals surface area contributed by atoms with Crippen LogP contribution in [0.1, 0.15) is 41.7 Å². The zero-order valence-corrected chi connectivity index (χ0v) is 14.6. The third-order valence-corrected chi connectivity index (χ3v) is 4.55. The largest absolute Gasteiger partial charge is 0.497 e. The maximum Gasteiger partial charge on any atom is 0.269 e. The molecule has 5 nitrogen and oxygen atoms in total. The van der Waals surface area contributed by atoms with Gasteiger partial charge in [0.15, 0.2) is 0 Å². The molecule has 1 aromatic heterocycles. The zero-order valence-electron chi connectivity index (χ0n) is 14.6. The molecule has 1 fully saturated rings. The molecule has 0 spiro atoms. The second-order valence-electron chi connectivity index (χ2n) is 6.41. The molecule has 25 heavy (non-hydrogen) atoms. The van der Waals surface area contributed by atoms with Gasteiger partial charge in [0, 0.05) is 24.5 Å². The predicted octanol–water partition coefficient (Wildman–Crippen LogP) is 3.42. The molecule has 1 heterocycles. The summed E-state index contributed by atoms with van der Waals surface area (Å²) in [7, 11) is 1.65. The minimum atomic E-state index is -0.141. The summed E-state index contributed by atoms with van der Waals surface area (Å²) in [6, 6.07) is 12.1. The van der Waals surface area contributed by atoms with Crippen molar-refractivity contribution in [2.45, 2.75) is 38.1 Å². The molecule has 1 saturated carbocycles. The van der Waals surface area contributed by atoms with Crippen LogP contribution in [0.5, 0.6) is 5.75 Å². The van der Waals surface area contributed by atoms with Crippen LogP contribution >= 0.6 is 0 Å². The van der Waals surface area contributed by atoms with Crippen molar-refractivity contribution in [1.82, 2.24) is 10.3 Å². The number of aromatic nitrogens is 1. The third-order valence-electron chi connectivity index (χ3n) is 4.55. The molecule has 2 N–H and O–H groups in total. The maximum absolute atomic E-state index is 12.3. The van der Waals surface area contributed by atoms with E-state index in [0.29, 0.717) is 18.3 Å². The van der Waals surface area contributed by atoms with Gasteiger partial charge in [-0.1, -0.05) is 25.0 Å². The first kappa shape index (κ1) is 17.3. The molecule has 3 rings (SSSR count). The number of carbonyl (C=O) groups excluding carboxylic acids is 1. The van der Waals surface area contributed by atoms with E-state index in [1.54, 1.807) is 13.3 Å². The van der Waals surface area contributed by atoms with Crippen LogP contribution in [-0.2, 0) is 6.42 Å². The van der Waals surface area contributed by atoms with Gasteiger partial charge in [0.25, 0.3) is 5.91 Å². The minimum absolute atomic E-state index is 0.141. The van der Waals surface area contributed by atoms with E-state index in [-0.39, 0.29) is 5.91 Å². The average molecular weight is 339 g/mol. The number of hydrogen-bond acceptors (Lipinski definition) is 4. The Kier molecular flexibility index (Phi) is 5.88. The van der Waals surface area contributed by atoms with E-state index >= 15 is 0 Å². The van der Waals surface area contributed by atoms with Gasteiger partial charge < -0.3 is 15.4 Å². The smallest absolute Gasteiger partial charge is 0.269 e. The van der Waals surface area contributed by atoms with Crippen molar-refractivity contribution in [3.05, 3.63) is 53.9 Å². The molecule has 0 unspecified atom stereocenters. The second kappa shape index (κ2) is 8.51. The SMILES string of the molecule is COc1cccc(CCNC(=O)c2cc(NC3CCCC3)ccn2)c1. The number of carbonyl (C=O) groups is 1. The van der Waals surface area contributed by atoms with Gasteiger partial charge in [0.1, 0.15) is 11.4 Å². The number of nitrogens with zero attached hydrogens (tertiary/aromatic N) is 1. The lowest BCUT2D eigenvalue weighted by molar-refractivity contribution is 0.0949. The molecule has 1 aromatic carbocycles. The van der Waals surface area contributed by atoms with Crippen LogP contribution < -0.4 is 15.4 Å². The summed E-state index contributed by atoms with van der Waals surface area (Å²) in [5.41, 5.74) is 2.55. The number of methoxy groups -OCH3 is 1. The topological polar surface area (TPSA) is 63.2 Å². The lowest BCUT2D eigenvalue weighted by Gasteiger charge is -2.14. The highest BCUT2D eigenvalue weighted by molar-refractivity contribution is 5.93. The summed E-state index contributed by atoms with van der Waals surface area (Å²) in [5, 5.41) is 6.43. The number of hydrogen-bond donors (Lipinski definition) is 2. The van der Waals surface area contributed by atoms with Gasteiger partial charge in [-0.15, -0.1) is 0 Å². The summed E-state index contributed by atoms with van der Waals surface area (Å²) in [6.07, 6.45) is 7.40. The maximum atomic E-state index is 12.3. The fourth-order valence-electron chi connectivity index (χ4n) is 3.19. The monoisotopic (exact) mass is 339 g/mol. The molecular weight excluding hydrogens is 314 g/mol. The number of rotatable bonds is 7. The first-order chi connectivity index (χ1) is 12.2. The molecular formula is C20H25N3O2. The number of ether oxygens (including phenoxy) is 1. The summed E-state index contributed by atoms with van der Waals surface area (Å²) in [6.45, 7) is 0.563. The highest BCUT2D eigenvalue weighted by Crippen LogP contribution is 2.22. The first-order valence-electron chi connectivity index (χ1n) is 8.88. The van der Waals surface area contributed by atoms with Crippen molar-refractivity contribution in [3.8, 4) is 5.75 Å². The molecule has 0 saturated heterocycles. The van der Waals surface area contributed by atoms with Gasteiger partial charge in [0.2, 0.25) is 0 Å². The molecule has 1 amide bonds. The van der Waals surface area contributed by atoms with E-state index in [4.69, 9.17) is 4.74 Å². The standard InChI is InChI=1S/C20H25N3O2/c1-25-18-8-4-5-15(13-18)9-11-22-20(24)19-14-17(10-12-21-19)23-16-6-2-3-7-16/h4-5,8,10,12-14,16H,2-3,6-7,9,11H2,1H3,(H,21,23)(H,22,24). The summed E-state index contributed by atoms with van der Waals surface area (Å²) in [4.78, 5) is 16.5. The van der Waals surface area contributed by atoms with Gasteiger partial charge >= 0.3 is 0 Å². The Balaban J connectivity index is 1.52. The van der Waals surface area contributed by atoms with E-state index in [0.717, 1.165) is 23.4 Å². The number of anilines is 1. The molecule has 0 radical (unpaired) electrons. The second-order valence-corrected chi connectivity index (χ2v) is 6.41. The van der Waals surface area contributed by atoms with Gasteiger partial charge in [-0.25, -0.2) is 0 Å². The van der Waals surface area contributed by atoms with Crippen molar-refractivity contribution < 1.29 is 9.53 Å². The van der Waals surface area contributed by atoms with E-state index in [2.05, 4.69) is 15.6 Å². The molecule has 1 aliphatic rings. The van der Waals surface area contributed by atoms with Crippen molar-refractivity contribution in [2.75, 3.05) is 19.0 Å². The Bertz CT molecular complexity index is 712. The van der Waals surface area contributed by atoms with Crippen LogP contribution in [-0.4, -0.2) is 30.6 Å². The Labute approximate surface area is 148 Å². The Morgan fingerprint density at radius 1 is 1.24 bits per heavy atom. The molecule has 0 bridgehead atoms. The minimum Gasteiger partial charge on any atom is -0.497 e. The average Bonchev–Trinajstić information content (AvgIpc) is 3.15. The van der Waals surface area contributed by atoms with E-state index in [1.807, 2.05) is 36.4 Å². The molecule has 1 aliphatic carbocycles. The first-order valence-corrected chi connectivity index (χ1v) is 8.88. The van der Waals surface area contributed by atoms with Crippen molar-refractivity contribution >= 4 is 11.6 Å². The number of benzene rings is 1. The van der Waals surface area contributed by atoms with Gasteiger partial charge in [-0.2, -0.15) is 0 Å². The number of amides is 1. The summed E-state index contributed by atoms with van der Waals surface area (Å²) < 4.78 is 5.21. The molecule has 132 valence electrons. The highest BCUT2D eigenvalue weighted by Gasteiger charge is 2.15. The third kappa shape index (κ3) is 4.95. The molecule has 0 atom stereocenters. The fraction of sp³-hybridized carbons (Fsp3) is 0.400. The molecule has 2 aromatic rings. The van der Waals surface area contributed by atoms with Crippen molar-refractivity contribution in [1.29, 1.82) is 0 Å². The lowest BCUT2D eigenvalue weighted by atomic mass is 10.1. The normalized spacial score (nSPS) is 14.3. The number of pyridine rings is 1. The van der Waals surface area contributed by atoms with Crippen LogP contribution in [0.15, 0.2) is 42.6 Å². The van der Waals surface area contributed by atoms with E-state index < -0.39 is 0 Å².